The SMILES string of the molecule is CN(C)SN. The van der Waals surface area contributed by atoms with Crippen LogP contribution in [0, 0.1) is 0 Å². The Morgan fingerprint density at radius 3 is 1.80 bits per heavy atom. The first-order valence-corrected chi connectivity index (χ1v) is 2.15. The molecule has 0 radical (unpaired) electrons. The van der Waals surface area contributed by atoms with E-state index >= 15 is 0 Å². The molecular weight excluding hydrogens is 84.1 g/mol. The molecule has 0 saturated carbocycles. The number of hydrogen-bond donors (Lipinski definition) is 1. The topological polar surface area (TPSA) is 29.3 Å². The molecule has 0 bridgehead atoms. The fourth-order valence-electron chi connectivity index (χ4n) is 0. The summed E-state index contributed by atoms with van der Waals surface area (Å²) in [4.78, 5) is 0. The fraction of sp³-hybridized carbons (Fsp3) is 1.00. The van der Waals surface area contributed by atoms with Crippen LogP contribution in [0.1, 0.15) is 0 Å². The highest BCUT2D eigenvalue weighted by Crippen LogP contribution is 1.84. The summed E-state index contributed by atoms with van der Waals surface area (Å²) >= 11 is 1.21. The van der Waals surface area contributed by atoms with Gasteiger partial charge in [0.15, 0.2) is 0 Å². The van der Waals surface area contributed by atoms with Gasteiger partial charge in [0, 0.05) is 12.1 Å². The molecule has 3 heteroatoms. The van der Waals surface area contributed by atoms with E-state index in [0.29, 0.717) is 0 Å². The molecule has 32 valence electrons. The van der Waals surface area contributed by atoms with E-state index in [9.17, 15) is 0 Å². The summed E-state index contributed by atoms with van der Waals surface area (Å²) in [6.07, 6.45) is 0. The molecule has 0 fully saturated rings. The summed E-state index contributed by atoms with van der Waals surface area (Å²) in [5.41, 5.74) is 0. The van der Waals surface area contributed by atoms with Crippen molar-refractivity contribution < 1.29 is 0 Å². The highest BCUT2D eigenvalue weighted by Gasteiger charge is 1.73. The van der Waals surface area contributed by atoms with E-state index < -0.39 is 0 Å². The van der Waals surface area contributed by atoms with Crippen LogP contribution in [0.5, 0.6) is 0 Å². The molecule has 0 unspecified atom stereocenters. The van der Waals surface area contributed by atoms with Crippen LogP contribution in [-0.4, -0.2) is 18.4 Å². The van der Waals surface area contributed by atoms with E-state index in [0.717, 1.165) is 0 Å². The largest absolute Gasteiger partial charge is 0.264 e. The number of nitrogens with zero attached hydrogens (tertiary/aromatic N) is 1. The molecule has 0 aliphatic carbocycles. The lowest BCUT2D eigenvalue weighted by Gasteiger charge is -1.97. The molecule has 2 N–H and O–H groups in total. The van der Waals surface area contributed by atoms with Crippen LogP contribution >= 0.6 is 12.1 Å². The predicted molar refractivity (Wildman–Crippen MR) is 25.5 cm³/mol. The van der Waals surface area contributed by atoms with Crippen LogP contribution < -0.4 is 5.14 Å². The van der Waals surface area contributed by atoms with E-state index in [-0.39, 0.29) is 0 Å². The zero-order valence-electron chi connectivity index (χ0n) is 3.43. The molecule has 0 amide bonds. The molecule has 2 nitrogen and oxygen atoms in total. The highest BCUT2D eigenvalue weighted by atomic mass is 32.2. The fourth-order valence-corrected chi connectivity index (χ4v) is 0. The lowest BCUT2D eigenvalue weighted by Crippen LogP contribution is -2.02. The number of hydrogen-bond acceptors (Lipinski definition) is 3. The summed E-state index contributed by atoms with van der Waals surface area (Å²) in [6.45, 7) is 0. The Balaban J connectivity index is 2.54. The van der Waals surface area contributed by atoms with Crippen LogP contribution in [0.25, 0.3) is 0 Å². The first-order valence-electron chi connectivity index (χ1n) is 1.31. The Morgan fingerprint density at radius 2 is 1.80 bits per heavy atom. The van der Waals surface area contributed by atoms with Gasteiger partial charge in [-0.1, -0.05) is 0 Å². The van der Waals surface area contributed by atoms with Crippen molar-refractivity contribution >= 4 is 12.1 Å². The second kappa shape index (κ2) is 2.50. The average Bonchev–Trinajstić information content (AvgIpc) is 1.38. The van der Waals surface area contributed by atoms with E-state index in [1.807, 2.05) is 18.4 Å². The summed E-state index contributed by atoms with van der Waals surface area (Å²) in [7, 11) is 3.79. The monoisotopic (exact) mass is 92.0 g/mol. The summed E-state index contributed by atoms with van der Waals surface area (Å²) in [6, 6.07) is 0. The third-order valence-electron chi connectivity index (χ3n) is 0.211. The first-order chi connectivity index (χ1) is 2.27. The molecule has 0 saturated heterocycles. The van der Waals surface area contributed by atoms with Gasteiger partial charge in [-0.25, -0.2) is 4.31 Å². The third kappa shape index (κ3) is 4.27. The molecule has 0 rings (SSSR count). The quantitative estimate of drug-likeness (QED) is 0.464. The molecule has 0 atom stereocenters. The van der Waals surface area contributed by atoms with E-state index in [4.69, 9.17) is 5.14 Å². The van der Waals surface area contributed by atoms with Crippen molar-refractivity contribution in [1.82, 2.24) is 4.31 Å². The van der Waals surface area contributed by atoms with Gasteiger partial charge in [0.05, 0.1) is 0 Å². The normalized spacial score (nSPS) is 9.60. The molecular formula is C2H8N2S. The molecule has 0 aliphatic rings. The molecule has 0 aromatic carbocycles. The van der Waals surface area contributed by atoms with Crippen molar-refractivity contribution in [2.24, 2.45) is 5.14 Å². The molecule has 0 aliphatic heterocycles. The first kappa shape index (κ1) is 5.27. The Morgan fingerprint density at radius 1 is 1.60 bits per heavy atom. The van der Waals surface area contributed by atoms with Gasteiger partial charge < -0.3 is 0 Å². The van der Waals surface area contributed by atoms with Crippen LogP contribution in [-0.2, 0) is 0 Å². The maximum atomic E-state index is 5.01. The minimum Gasteiger partial charge on any atom is -0.264 e. The van der Waals surface area contributed by atoms with Crippen molar-refractivity contribution in [3.05, 3.63) is 0 Å². The summed E-state index contributed by atoms with van der Waals surface area (Å²) in [5.74, 6) is 0. The number of nitrogens with two attached hydrogens (primary N) is 1. The Labute approximate surface area is 36.6 Å². The van der Waals surface area contributed by atoms with Gasteiger partial charge in [-0.2, -0.15) is 0 Å². The summed E-state index contributed by atoms with van der Waals surface area (Å²) < 4.78 is 1.82. The van der Waals surface area contributed by atoms with Gasteiger partial charge in [0.25, 0.3) is 0 Å². The highest BCUT2D eigenvalue weighted by molar-refractivity contribution is 7.94. The Kier molecular flexibility index (Phi) is 2.64. The van der Waals surface area contributed by atoms with Gasteiger partial charge >= 0.3 is 0 Å². The maximum absolute atomic E-state index is 5.01. The van der Waals surface area contributed by atoms with Crippen molar-refractivity contribution in [3.63, 3.8) is 0 Å². The summed E-state index contributed by atoms with van der Waals surface area (Å²) in [5, 5.41) is 5.01. The smallest absolute Gasteiger partial charge is 0.00247 e. The molecule has 5 heavy (non-hydrogen) atoms. The second-order valence-corrected chi connectivity index (χ2v) is 1.86. The zero-order chi connectivity index (χ0) is 4.28. The van der Waals surface area contributed by atoms with Gasteiger partial charge in [0.1, 0.15) is 0 Å². The van der Waals surface area contributed by atoms with Gasteiger partial charge in [-0.05, 0) is 14.1 Å². The standard InChI is InChI=1S/C2H8N2S/c1-4(2)5-3/h3H2,1-2H3. The van der Waals surface area contributed by atoms with Gasteiger partial charge in [0.2, 0.25) is 0 Å². The van der Waals surface area contributed by atoms with E-state index in [1.165, 1.54) is 12.1 Å². The third-order valence-corrected chi connectivity index (χ3v) is 0.632. The van der Waals surface area contributed by atoms with Crippen molar-refractivity contribution in [1.29, 1.82) is 0 Å². The Hall–Kier alpha value is 0.270. The molecule has 0 aromatic rings. The van der Waals surface area contributed by atoms with Crippen molar-refractivity contribution in [2.45, 2.75) is 0 Å². The van der Waals surface area contributed by atoms with Crippen LogP contribution in [0.15, 0.2) is 0 Å². The zero-order valence-corrected chi connectivity index (χ0v) is 4.25. The van der Waals surface area contributed by atoms with Gasteiger partial charge in [-0.3, -0.25) is 5.14 Å². The lowest BCUT2D eigenvalue weighted by atomic mass is 11.3. The van der Waals surface area contributed by atoms with E-state index in [1.54, 1.807) is 0 Å². The van der Waals surface area contributed by atoms with Crippen molar-refractivity contribution in [3.8, 4) is 0 Å². The van der Waals surface area contributed by atoms with Gasteiger partial charge in [-0.15, -0.1) is 0 Å². The minimum absolute atomic E-state index is 1.21. The second-order valence-electron chi connectivity index (χ2n) is 0.918. The average molecular weight is 92.2 g/mol. The van der Waals surface area contributed by atoms with E-state index in [2.05, 4.69) is 0 Å². The molecule has 0 spiro atoms. The molecule has 0 aromatic heterocycles. The van der Waals surface area contributed by atoms with Crippen LogP contribution in [0.3, 0.4) is 0 Å². The van der Waals surface area contributed by atoms with Crippen molar-refractivity contribution in [2.75, 3.05) is 14.1 Å². The lowest BCUT2D eigenvalue weighted by molar-refractivity contribution is 0.704. The van der Waals surface area contributed by atoms with Crippen LogP contribution in [0.2, 0.25) is 0 Å². The Bertz CT molecular complexity index is 21.6. The van der Waals surface area contributed by atoms with Crippen LogP contribution in [0.4, 0.5) is 0 Å². The molecule has 0 heterocycles. The minimum atomic E-state index is 1.21. The predicted octanol–water partition coefficient (Wildman–Crippen LogP) is 0.0699. The number of rotatable bonds is 1. The maximum Gasteiger partial charge on any atom is 0.00247 e.